The van der Waals surface area contributed by atoms with Crippen molar-refractivity contribution >= 4 is 17.3 Å². The number of para-hydroxylation sites is 1. The van der Waals surface area contributed by atoms with Gasteiger partial charge in [-0.15, -0.1) is 0 Å². The quantitative estimate of drug-likeness (QED) is 0.508. The molecule has 36 heavy (non-hydrogen) atoms. The van der Waals surface area contributed by atoms with Crippen molar-refractivity contribution in [3.05, 3.63) is 77.6 Å². The Bertz CT molecular complexity index is 1180. The number of benzene rings is 2. The van der Waals surface area contributed by atoms with Gasteiger partial charge in [0.05, 0.1) is 18.8 Å². The lowest BCUT2D eigenvalue weighted by atomic mass is 9.94. The number of nitrogens with one attached hydrogen (secondary N) is 2. The number of hydrogen-bond acceptors (Lipinski definition) is 8. The van der Waals surface area contributed by atoms with Gasteiger partial charge in [0.25, 0.3) is 0 Å². The van der Waals surface area contributed by atoms with Gasteiger partial charge in [0.1, 0.15) is 18.0 Å². The number of morpholine rings is 1. The number of piperidine rings is 1. The standard InChI is InChI=1S/C28H34N6O2/c35-25-18-34(13-10-24(25)33-12-9-20-5-1-2-6-21(20)17-33)28-15-27(30-19-31-28)32-23-8-4-3-7-22(23)26-16-29-11-14-36-26/h1-8,15,19,24-26,29,35H,9-14,16-18H2,(H,30,31,32)/t24-,25-,26?/m1/s1. The number of aromatic nitrogens is 2. The van der Waals surface area contributed by atoms with E-state index in [1.165, 1.54) is 11.1 Å². The fourth-order valence-electron chi connectivity index (χ4n) is 5.74. The van der Waals surface area contributed by atoms with Crippen LogP contribution in [-0.2, 0) is 17.7 Å². The van der Waals surface area contributed by atoms with Gasteiger partial charge in [-0.25, -0.2) is 9.97 Å². The van der Waals surface area contributed by atoms with Crippen molar-refractivity contribution in [2.24, 2.45) is 0 Å². The van der Waals surface area contributed by atoms with Crippen LogP contribution in [0.1, 0.15) is 29.2 Å². The molecule has 0 aliphatic carbocycles. The molecule has 1 unspecified atom stereocenters. The Hall–Kier alpha value is -3.04. The Morgan fingerprint density at radius 1 is 1.03 bits per heavy atom. The molecule has 0 saturated carbocycles. The van der Waals surface area contributed by atoms with E-state index >= 15 is 0 Å². The highest BCUT2D eigenvalue weighted by molar-refractivity contribution is 5.63. The largest absolute Gasteiger partial charge is 0.390 e. The van der Waals surface area contributed by atoms with Crippen LogP contribution in [0.5, 0.6) is 0 Å². The molecule has 4 heterocycles. The van der Waals surface area contributed by atoms with Gasteiger partial charge >= 0.3 is 0 Å². The van der Waals surface area contributed by atoms with Crippen LogP contribution in [0.2, 0.25) is 0 Å². The zero-order valence-corrected chi connectivity index (χ0v) is 20.5. The summed E-state index contributed by atoms with van der Waals surface area (Å²) in [6.07, 6.45) is 3.14. The fraction of sp³-hybridized carbons (Fsp3) is 0.429. The molecule has 3 aliphatic rings. The molecule has 3 aliphatic heterocycles. The van der Waals surface area contributed by atoms with E-state index in [2.05, 4.69) is 66.8 Å². The summed E-state index contributed by atoms with van der Waals surface area (Å²) in [7, 11) is 0. The molecule has 0 bridgehead atoms. The van der Waals surface area contributed by atoms with Crippen molar-refractivity contribution in [1.29, 1.82) is 0 Å². The number of ether oxygens (including phenoxy) is 1. The Morgan fingerprint density at radius 2 is 1.89 bits per heavy atom. The average molecular weight is 487 g/mol. The Labute approximate surface area is 212 Å². The van der Waals surface area contributed by atoms with E-state index in [4.69, 9.17) is 4.74 Å². The van der Waals surface area contributed by atoms with Crippen LogP contribution in [-0.4, -0.2) is 71.5 Å². The van der Waals surface area contributed by atoms with E-state index in [9.17, 15) is 5.11 Å². The molecule has 8 nitrogen and oxygen atoms in total. The van der Waals surface area contributed by atoms with Gasteiger partial charge in [-0.1, -0.05) is 42.5 Å². The molecule has 6 rings (SSSR count). The number of nitrogens with zero attached hydrogens (tertiary/aromatic N) is 4. The maximum absolute atomic E-state index is 11.1. The molecule has 2 aromatic carbocycles. The van der Waals surface area contributed by atoms with E-state index in [1.54, 1.807) is 6.33 Å². The molecule has 2 saturated heterocycles. The second kappa shape index (κ2) is 10.5. The van der Waals surface area contributed by atoms with Gasteiger partial charge < -0.3 is 25.4 Å². The van der Waals surface area contributed by atoms with Crippen LogP contribution in [0.15, 0.2) is 60.9 Å². The summed E-state index contributed by atoms with van der Waals surface area (Å²) in [5.41, 5.74) is 4.93. The van der Waals surface area contributed by atoms with Crippen LogP contribution < -0.4 is 15.5 Å². The van der Waals surface area contributed by atoms with Crippen LogP contribution >= 0.6 is 0 Å². The first-order chi connectivity index (χ1) is 17.7. The summed E-state index contributed by atoms with van der Waals surface area (Å²) in [4.78, 5) is 13.6. The van der Waals surface area contributed by atoms with Crippen LogP contribution in [0, 0.1) is 0 Å². The highest BCUT2D eigenvalue weighted by Crippen LogP contribution is 2.30. The lowest BCUT2D eigenvalue weighted by molar-refractivity contribution is 0.0281. The summed E-state index contributed by atoms with van der Waals surface area (Å²) in [5.74, 6) is 1.57. The molecule has 0 amide bonds. The molecule has 0 radical (unpaired) electrons. The third kappa shape index (κ3) is 4.95. The smallest absolute Gasteiger partial charge is 0.135 e. The van der Waals surface area contributed by atoms with Crippen molar-refractivity contribution in [3.8, 4) is 0 Å². The van der Waals surface area contributed by atoms with Crippen molar-refractivity contribution in [1.82, 2.24) is 20.2 Å². The molecule has 3 aromatic rings. The number of aliphatic hydroxyl groups excluding tert-OH is 1. The van der Waals surface area contributed by atoms with Gasteiger partial charge in [-0.2, -0.15) is 0 Å². The first kappa shape index (κ1) is 23.4. The summed E-state index contributed by atoms with van der Waals surface area (Å²) >= 11 is 0. The molecule has 8 heteroatoms. The van der Waals surface area contributed by atoms with Crippen LogP contribution in [0.4, 0.5) is 17.3 Å². The van der Waals surface area contributed by atoms with Gasteiger partial charge in [0, 0.05) is 62.6 Å². The summed E-state index contributed by atoms with van der Waals surface area (Å²) in [6.45, 7) is 5.72. The van der Waals surface area contributed by atoms with Crippen LogP contribution in [0.3, 0.4) is 0 Å². The predicted octanol–water partition coefficient (Wildman–Crippen LogP) is 2.88. The summed E-state index contributed by atoms with van der Waals surface area (Å²) < 4.78 is 5.98. The fourth-order valence-corrected chi connectivity index (χ4v) is 5.74. The lowest BCUT2D eigenvalue weighted by Crippen LogP contribution is -2.55. The molecular formula is C28H34N6O2. The number of fused-ring (bicyclic) bond motifs is 1. The van der Waals surface area contributed by atoms with Gasteiger partial charge in [-0.05, 0) is 30.0 Å². The molecule has 3 atom stereocenters. The lowest BCUT2D eigenvalue weighted by Gasteiger charge is -2.43. The minimum atomic E-state index is -0.424. The third-order valence-corrected chi connectivity index (χ3v) is 7.65. The molecular weight excluding hydrogens is 452 g/mol. The zero-order chi connectivity index (χ0) is 24.3. The van der Waals surface area contributed by atoms with Crippen LogP contribution in [0.25, 0.3) is 0 Å². The second-order valence-electron chi connectivity index (χ2n) is 9.90. The van der Waals surface area contributed by atoms with Crippen molar-refractivity contribution in [2.75, 3.05) is 49.5 Å². The first-order valence-corrected chi connectivity index (χ1v) is 13.0. The normalized spacial score (nSPS) is 24.8. The number of anilines is 3. The number of hydrogen-bond donors (Lipinski definition) is 3. The maximum Gasteiger partial charge on any atom is 0.135 e. The van der Waals surface area contributed by atoms with Crippen molar-refractivity contribution in [2.45, 2.75) is 37.6 Å². The van der Waals surface area contributed by atoms with E-state index in [0.717, 1.165) is 68.5 Å². The number of aliphatic hydroxyl groups is 1. The van der Waals surface area contributed by atoms with E-state index in [1.807, 2.05) is 18.2 Å². The van der Waals surface area contributed by atoms with Gasteiger partial charge in [-0.3, -0.25) is 4.90 Å². The monoisotopic (exact) mass is 486 g/mol. The van der Waals surface area contributed by atoms with E-state index < -0.39 is 6.10 Å². The van der Waals surface area contributed by atoms with Gasteiger partial charge in [0.15, 0.2) is 0 Å². The van der Waals surface area contributed by atoms with E-state index in [-0.39, 0.29) is 12.1 Å². The van der Waals surface area contributed by atoms with Crippen molar-refractivity contribution < 1.29 is 9.84 Å². The number of rotatable bonds is 5. The first-order valence-electron chi connectivity index (χ1n) is 13.0. The third-order valence-electron chi connectivity index (χ3n) is 7.65. The molecule has 0 spiro atoms. The Kier molecular flexibility index (Phi) is 6.83. The zero-order valence-electron chi connectivity index (χ0n) is 20.5. The SMILES string of the molecule is O[C@@H]1CN(c2cc(Nc3ccccc3C3CNCCO3)ncn2)CC[C@H]1N1CCc2ccccc2C1. The van der Waals surface area contributed by atoms with E-state index in [0.29, 0.717) is 13.2 Å². The van der Waals surface area contributed by atoms with Gasteiger partial charge in [0.2, 0.25) is 0 Å². The minimum absolute atomic E-state index is 0.0136. The predicted molar refractivity (Wildman–Crippen MR) is 141 cm³/mol. The maximum atomic E-state index is 11.1. The Balaban J connectivity index is 1.12. The van der Waals surface area contributed by atoms with Crippen molar-refractivity contribution in [3.63, 3.8) is 0 Å². The molecule has 2 fully saturated rings. The second-order valence-corrected chi connectivity index (χ2v) is 9.90. The molecule has 188 valence electrons. The minimum Gasteiger partial charge on any atom is -0.390 e. The average Bonchev–Trinajstić information content (AvgIpc) is 2.94. The highest BCUT2D eigenvalue weighted by atomic mass is 16.5. The number of β-amino-alcohol motifs (C(OH)–C–C–N with tert-alkyl or cyclic N) is 1. The molecule has 3 N–H and O–H groups in total. The summed E-state index contributed by atoms with van der Waals surface area (Å²) in [6, 6.07) is 19.0. The molecule has 1 aromatic heterocycles. The highest BCUT2D eigenvalue weighted by Gasteiger charge is 2.34. The Morgan fingerprint density at radius 3 is 2.75 bits per heavy atom. The summed E-state index contributed by atoms with van der Waals surface area (Å²) in [5, 5.41) is 18.0. The topological polar surface area (TPSA) is 85.8 Å².